The van der Waals surface area contributed by atoms with Crippen molar-refractivity contribution in [1.82, 2.24) is 9.78 Å². The summed E-state index contributed by atoms with van der Waals surface area (Å²) < 4.78 is 19.0. The monoisotopic (exact) mass is 468 g/mol. The first kappa shape index (κ1) is 23.3. The number of ether oxygens (including phenoxy) is 3. The minimum absolute atomic E-state index is 0.159. The lowest BCUT2D eigenvalue weighted by atomic mass is 10.0. The van der Waals surface area contributed by atoms with Gasteiger partial charge in [-0.25, -0.2) is 9.48 Å². The highest BCUT2D eigenvalue weighted by Crippen LogP contribution is 2.33. The Labute approximate surface area is 199 Å². The van der Waals surface area contributed by atoms with Crippen molar-refractivity contribution in [3.8, 4) is 22.7 Å². The SMILES string of the molecule is CCOC(=O)[C@@](C)(CC)OCc1cc(-c2cccc(OC3CC3)c2)n(-c2ccccc2Cl)n1. The molecule has 0 saturated heterocycles. The molecule has 1 aliphatic carbocycles. The fourth-order valence-corrected chi connectivity index (χ4v) is 3.66. The van der Waals surface area contributed by atoms with Crippen LogP contribution >= 0.6 is 11.6 Å². The molecule has 1 saturated carbocycles. The Morgan fingerprint density at radius 1 is 1.15 bits per heavy atom. The summed E-state index contributed by atoms with van der Waals surface area (Å²) in [5.41, 5.74) is 2.22. The number of hydrogen-bond acceptors (Lipinski definition) is 5. The third-order valence-corrected chi connectivity index (χ3v) is 6.04. The van der Waals surface area contributed by atoms with Crippen molar-refractivity contribution in [1.29, 1.82) is 0 Å². The topological polar surface area (TPSA) is 62.6 Å². The molecule has 0 N–H and O–H groups in total. The molecule has 4 rings (SSSR count). The van der Waals surface area contributed by atoms with Crippen molar-refractivity contribution in [2.75, 3.05) is 6.61 Å². The Hall–Kier alpha value is -2.83. The lowest BCUT2D eigenvalue weighted by Crippen LogP contribution is -2.39. The summed E-state index contributed by atoms with van der Waals surface area (Å²) in [7, 11) is 0. The van der Waals surface area contributed by atoms with Crippen molar-refractivity contribution in [3.63, 3.8) is 0 Å². The van der Waals surface area contributed by atoms with Crippen molar-refractivity contribution >= 4 is 17.6 Å². The summed E-state index contributed by atoms with van der Waals surface area (Å²) in [5.74, 6) is 0.462. The summed E-state index contributed by atoms with van der Waals surface area (Å²) in [4.78, 5) is 12.4. The normalized spacial score (nSPS) is 15.2. The van der Waals surface area contributed by atoms with Gasteiger partial charge in [-0.3, -0.25) is 0 Å². The maximum absolute atomic E-state index is 12.4. The van der Waals surface area contributed by atoms with Gasteiger partial charge in [0.15, 0.2) is 5.60 Å². The molecule has 7 heteroatoms. The highest BCUT2D eigenvalue weighted by atomic mass is 35.5. The number of halogens is 1. The van der Waals surface area contributed by atoms with Gasteiger partial charge in [-0.2, -0.15) is 5.10 Å². The summed E-state index contributed by atoms with van der Waals surface area (Å²) in [6.45, 7) is 5.90. The standard InChI is InChI=1S/C26H29ClN2O4/c1-4-26(3,25(30)31-5-2)32-17-19-16-24(29(28-19)23-12-7-6-11-22(23)27)18-9-8-10-21(15-18)33-20-13-14-20/h6-12,15-16,20H,4-5,13-14,17H2,1-3H3/t26-/m1/s1. The van der Waals surface area contributed by atoms with Gasteiger partial charge in [0.05, 0.1) is 41.4 Å². The van der Waals surface area contributed by atoms with Crippen molar-refractivity contribution in [2.45, 2.75) is 58.3 Å². The van der Waals surface area contributed by atoms with Gasteiger partial charge in [0, 0.05) is 5.56 Å². The van der Waals surface area contributed by atoms with Crippen LogP contribution in [0.15, 0.2) is 54.6 Å². The van der Waals surface area contributed by atoms with E-state index in [4.69, 9.17) is 30.9 Å². The molecular weight excluding hydrogens is 440 g/mol. The molecule has 3 aromatic rings. The Balaban J connectivity index is 1.67. The van der Waals surface area contributed by atoms with Crippen LogP contribution in [0.2, 0.25) is 5.02 Å². The van der Waals surface area contributed by atoms with Crippen LogP contribution in [0, 0.1) is 0 Å². The number of carbonyl (C=O) groups is 1. The maximum atomic E-state index is 12.4. The average molecular weight is 469 g/mol. The Morgan fingerprint density at radius 2 is 1.94 bits per heavy atom. The van der Waals surface area contributed by atoms with Crippen LogP contribution in [0.4, 0.5) is 0 Å². The van der Waals surface area contributed by atoms with Crippen molar-refractivity contribution < 1.29 is 19.0 Å². The first-order chi connectivity index (χ1) is 15.9. The third-order valence-electron chi connectivity index (χ3n) is 5.72. The molecule has 0 bridgehead atoms. The van der Waals surface area contributed by atoms with Crippen molar-refractivity contribution in [3.05, 3.63) is 65.3 Å². The van der Waals surface area contributed by atoms with Gasteiger partial charge < -0.3 is 14.2 Å². The molecule has 0 spiro atoms. The van der Waals surface area contributed by atoms with E-state index >= 15 is 0 Å². The fraction of sp³-hybridized carbons (Fsp3) is 0.385. The number of benzene rings is 2. The Bertz CT molecular complexity index is 1120. The third kappa shape index (κ3) is 5.40. The zero-order valence-corrected chi connectivity index (χ0v) is 20.0. The van der Waals surface area contributed by atoms with Crippen LogP contribution in [0.5, 0.6) is 5.75 Å². The Morgan fingerprint density at radius 3 is 2.64 bits per heavy atom. The minimum atomic E-state index is -1.04. The molecule has 33 heavy (non-hydrogen) atoms. The number of para-hydroxylation sites is 1. The number of aromatic nitrogens is 2. The molecule has 1 aliphatic rings. The van der Waals surface area contributed by atoms with Crippen LogP contribution < -0.4 is 4.74 Å². The number of carbonyl (C=O) groups excluding carboxylic acids is 1. The molecular formula is C26H29ClN2O4. The molecule has 2 aromatic carbocycles. The zero-order valence-electron chi connectivity index (χ0n) is 19.2. The smallest absolute Gasteiger partial charge is 0.338 e. The second kappa shape index (κ2) is 9.98. The number of esters is 1. The number of rotatable bonds is 10. The number of hydrogen-bond donors (Lipinski definition) is 0. The largest absolute Gasteiger partial charge is 0.490 e. The van der Waals surface area contributed by atoms with Crippen LogP contribution in [0.3, 0.4) is 0 Å². The van der Waals surface area contributed by atoms with E-state index in [2.05, 4.69) is 0 Å². The molecule has 1 atom stereocenters. The van der Waals surface area contributed by atoms with Gasteiger partial charge in [-0.05, 0) is 63.4 Å². The predicted molar refractivity (Wildman–Crippen MR) is 128 cm³/mol. The van der Waals surface area contributed by atoms with E-state index in [0.29, 0.717) is 29.8 Å². The molecule has 1 fully saturated rings. The molecule has 6 nitrogen and oxygen atoms in total. The van der Waals surface area contributed by atoms with Gasteiger partial charge in [0.2, 0.25) is 0 Å². The first-order valence-electron chi connectivity index (χ1n) is 11.4. The molecule has 0 amide bonds. The van der Waals surface area contributed by atoms with Crippen LogP contribution in [0.1, 0.15) is 45.7 Å². The van der Waals surface area contributed by atoms with Gasteiger partial charge in [-0.15, -0.1) is 0 Å². The van der Waals surface area contributed by atoms with Gasteiger partial charge >= 0.3 is 5.97 Å². The van der Waals surface area contributed by atoms with Crippen LogP contribution in [0.25, 0.3) is 16.9 Å². The summed E-state index contributed by atoms with van der Waals surface area (Å²) in [5, 5.41) is 5.37. The van der Waals surface area contributed by atoms with E-state index in [-0.39, 0.29) is 12.6 Å². The summed E-state index contributed by atoms with van der Waals surface area (Å²) >= 11 is 6.51. The zero-order chi connectivity index (χ0) is 23.4. The lowest BCUT2D eigenvalue weighted by Gasteiger charge is -2.25. The van der Waals surface area contributed by atoms with E-state index in [1.54, 1.807) is 13.8 Å². The summed E-state index contributed by atoms with van der Waals surface area (Å²) in [6.07, 6.45) is 3.00. The fourth-order valence-electron chi connectivity index (χ4n) is 3.44. The van der Waals surface area contributed by atoms with Crippen molar-refractivity contribution in [2.24, 2.45) is 0 Å². The lowest BCUT2D eigenvalue weighted by molar-refractivity contribution is -0.172. The number of nitrogens with zero attached hydrogens (tertiary/aromatic N) is 2. The molecule has 1 heterocycles. The quantitative estimate of drug-likeness (QED) is 0.342. The molecule has 0 aliphatic heterocycles. The maximum Gasteiger partial charge on any atom is 0.338 e. The second-order valence-corrected chi connectivity index (χ2v) is 8.73. The highest BCUT2D eigenvalue weighted by Gasteiger charge is 2.34. The summed E-state index contributed by atoms with van der Waals surface area (Å²) in [6, 6.07) is 17.5. The van der Waals surface area contributed by atoms with E-state index in [1.165, 1.54) is 0 Å². The highest BCUT2D eigenvalue weighted by molar-refractivity contribution is 6.32. The van der Waals surface area contributed by atoms with Gasteiger partial charge in [0.25, 0.3) is 0 Å². The predicted octanol–water partition coefficient (Wildman–Crippen LogP) is 5.98. The van der Waals surface area contributed by atoms with E-state index in [0.717, 1.165) is 35.5 Å². The first-order valence-corrected chi connectivity index (χ1v) is 11.7. The van der Waals surface area contributed by atoms with Gasteiger partial charge in [0.1, 0.15) is 5.75 Å². The molecule has 1 aromatic heterocycles. The van der Waals surface area contributed by atoms with E-state index in [9.17, 15) is 4.79 Å². The van der Waals surface area contributed by atoms with E-state index < -0.39 is 5.60 Å². The van der Waals surface area contributed by atoms with Crippen LogP contribution in [-0.2, 0) is 20.9 Å². The van der Waals surface area contributed by atoms with E-state index in [1.807, 2.05) is 66.2 Å². The second-order valence-electron chi connectivity index (χ2n) is 8.32. The van der Waals surface area contributed by atoms with Gasteiger partial charge in [-0.1, -0.05) is 42.8 Å². The van der Waals surface area contributed by atoms with Crippen LogP contribution in [-0.4, -0.2) is 34.1 Å². The Kier molecular flexibility index (Phi) is 7.05. The average Bonchev–Trinajstić information content (AvgIpc) is 3.53. The minimum Gasteiger partial charge on any atom is -0.490 e. The molecule has 0 unspecified atom stereocenters. The molecule has 174 valence electrons. The molecule has 0 radical (unpaired) electrons.